The molecule has 0 saturated heterocycles. The second-order valence-corrected chi connectivity index (χ2v) is 10.1. The minimum Gasteiger partial charge on any atom is -0.480 e. The molecule has 0 aromatic rings. The van der Waals surface area contributed by atoms with E-state index in [0.29, 0.717) is 6.42 Å². The van der Waals surface area contributed by atoms with Crippen LogP contribution in [0.3, 0.4) is 0 Å². The SMILES string of the molecule is CCCCCCCCCCCCCCCCCCCC/C=C/S(=O)(=O)NCC(=O)O. The average Bonchev–Trinajstić information content (AvgIpc) is 2.71. The smallest absolute Gasteiger partial charge is 0.318 e. The summed E-state index contributed by atoms with van der Waals surface area (Å²) in [5, 5.41) is 9.54. The van der Waals surface area contributed by atoms with Crippen molar-refractivity contribution in [3.63, 3.8) is 0 Å². The molecule has 178 valence electrons. The Hall–Kier alpha value is -0.880. The number of allylic oxidation sites excluding steroid dienone is 1. The molecular formula is C24H47NO4S. The Morgan fingerprint density at radius 1 is 0.700 bits per heavy atom. The highest BCUT2D eigenvalue weighted by Gasteiger charge is 2.06. The van der Waals surface area contributed by atoms with Gasteiger partial charge in [-0.3, -0.25) is 4.79 Å². The van der Waals surface area contributed by atoms with Crippen molar-refractivity contribution in [2.75, 3.05) is 6.54 Å². The summed E-state index contributed by atoms with van der Waals surface area (Å²) in [6, 6.07) is 0. The van der Waals surface area contributed by atoms with Crippen molar-refractivity contribution in [3.05, 3.63) is 11.5 Å². The largest absolute Gasteiger partial charge is 0.480 e. The van der Waals surface area contributed by atoms with Crippen molar-refractivity contribution in [2.45, 2.75) is 129 Å². The van der Waals surface area contributed by atoms with Crippen LogP contribution in [0.4, 0.5) is 0 Å². The number of hydrogen-bond donors (Lipinski definition) is 2. The van der Waals surface area contributed by atoms with Crippen molar-refractivity contribution in [1.82, 2.24) is 4.72 Å². The van der Waals surface area contributed by atoms with E-state index < -0.39 is 22.5 Å². The Bertz CT molecular complexity index is 517. The number of carbonyl (C=O) groups is 1. The van der Waals surface area contributed by atoms with Gasteiger partial charge in [-0.25, -0.2) is 13.1 Å². The molecule has 0 saturated carbocycles. The van der Waals surface area contributed by atoms with E-state index in [9.17, 15) is 13.2 Å². The van der Waals surface area contributed by atoms with Crippen molar-refractivity contribution in [3.8, 4) is 0 Å². The third kappa shape index (κ3) is 23.4. The fraction of sp³-hybridized carbons (Fsp3) is 0.875. The third-order valence-electron chi connectivity index (χ3n) is 5.42. The first-order chi connectivity index (χ1) is 14.5. The van der Waals surface area contributed by atoms with Crippen molar-refractivity contribution in [2.24, 2.45) is 0 Å². The number of carboxylic acids is 1. The molecule has 0 aromatic heterocycles. The van der Waals surface area contributed by atoms with Gasteiger partial charge in [0.2, 0.25) is 10.0 Å². The lowest BCUT2D eigenvalue weighted by atomic mass is 10.0. The molecule has 0 aliphatic heterocycles. The van der Waals surface area contributed by atoms with Crippen LogP contribution in [0.1, 0.15) is 129 Å². The molecule has 30 heavy (non-hydrogen) atoms. The molecule has 0 aromatic carbocycles. The number of unbranched alkanes of at least 4 members (excludes halogenated alkanes) is 18. The summed E-state index contributed by atoms with van der Waals surface area (Å²) < 4.78 is 24.9. The molecule has 2 N–H and O–H groups in total. The molecule has 0 heterocycles. The zero-order valence-electron chi connectivity index (χ0n) is 19.4. The van der Waals surface area contributed by atoms with Gasteiger partial charge in [0, 0.05) is 5.41 Å². The summed E-state index contributed by atoms with van der Waals surface area (Å²) in [4.78, 5) is 10.4. The highest BCUT2D eigenvalue weighted by atomic mass is 32.2. The zero-order chi connectivity index (χ0) is 22.3. The van der Waals surface area contributed by atoms with Gasteiger partial charge in [0.1, 0.15) is 6.54 Å². The van der Waals surface area contributed by atoms with Crippen LogP contribution in [0.2, 0.25) is 0 Å². The van der Waals surface area contributed by atoms with Crippen molar-refractivity contribution in [1.29, 1.82) is 0 Å². The minimum atomic E-state index is -3.61. The molecule has 5 nitrogen and oxygen atoms in total. The van der Waals surface area contributed by atoms with Crippen LogP contribution >= 0.6 is 0 Å². The lowest BCUT2D eigenvalue weighted by molar-refractivity contribution is -0.135. The van der Waals surface area contributed by atoms with Gasteiger partial charge in [-0.1, -0.05) is 122 Å². The lowest BCUT2D eigenvalue weighted by Crippen LogP contribution is -2.27. The Morgan fingerprint density at radius 2 is 1.07 bits per heavy atom. The Labute approximate surface area is 186 Å². The molecule has 0 aliphatic carbocycles. The normalized spacial score (nSPS) is 12.0. The van der Waals surface area contributed by atoms with Gasteiger partial charge in [0.15, 0.2) is 0 Å². The van der Waals surface area contributed by atoms with Gasteiger partial charge < -0.3 is 5.11 Å². The number of sulfonamides is 1. The maximum absolute atomic E-state index is 11.5. The van der Waals surface area contributed by atoms with Crippen molar-refractivity contribution < 1.29 is 18.3 Å². The predicted octanol–water partition coefficient (Wildman–Crippen LogP) is 6.94. The summed E-state index contributed by atoms with van der Waals surface area (Å²) in [6.45, 7) is 1.69. The number of aliphatic carboxylic acids is 1. The molecule has 6 heteroatoms. The summed E-state index contributed by atoms with van der Waals surface area (Å²) in [5.74, 6) is -1.18. The highest BCUT2D eigenvalue weighted by molar-refractivity contribution is 7.92. The van der Waals surface area contributed by atoms with Gasteiger partial charge in [-0.05, 0) is 12.8 Å². The Balaban J connectivity index is 3.26. The van der Waals surface area contributed by atoms with E-state index in [1.165, 1.54) is 103 Å². The van der Waals surface area contributed by atoms with E-state index in [-0.39, 0.29) is 0 Å². The first kappa shape index (κ1) is 29.1. The van der Waals surface area contributed by atoms with Gasteiger partial charge in [-0.15, -0.1) is 0 Å². The Kier molecular flexibility index (Phi) is 20.7. The van der Waals surface area contributed by atoms with Crippen molar-refractivity contribution >= 4 is 16.0 Å². The van der Waals surface area contributed by atoms with E-state index in [1.54, 1.807) is 6.08 Å². The molecule has 0 amide bonds. The van der Waals surface area contributed by atoms with E-state index in [0.717, 1.165) is 18.2 Å². The van der Waals surface area contributed by atoms with E-state index in [2.05, 4.69) is 6.92 Å². The average molecular weight is 446 g/mol. The number of carboxylic acid groups (broad SMARTS) is 1. The maximum Gasteiger partial charge on any atom is 0.318 e. The predicted molar refractivity (Wildman–Crippen MR) is 127 cm³/mol. The fourth-order valence-electron chi connectivity index (χ4n) is 3.57. The fourth-order valence-corrected chi connectivity index (χ4v) is 4.38. The van der Waals surface area contributed by atoms with E-state index >= 15 is 0 Å². The molecule has 0 bridgehead atoms. The zero-order valence-corrected chi connectivity index (χ0v) is 20.2. The second kappa shape index (κ2) is 21.4. The van der Waals surface area contributed by atoms with Crippen LogP contribution in [0.25, 0.3) is 0 Å². The summed E-state index contributed by atoms with van der Waals surface area (Å²) >= 11 is 0. The van der Waals surface area contributed by atoms with Gasteiger partial charge in [-0.2, -0.15) is 0 Å². The van der Waals surface area contributed by atoms with Crippen LogP contribution in [0, 0.1) is 0 Å². The molecule has 0 rings (SSSR count). The molecule has 0 radical (unpaired) electrons. The monoisotopic (exact) mass is 445 g/mol. The van der Waals surface area contributed by atoms with Crippen LogP contribution in [-0.2, 0) is 14.8 Å². The number of hydrogen-bond acceptors (Lipinski definition) is 3. The topological polar surface area (TPSA) is 83.5 Å². The van der Waals surface area contributed by atoms with E-state index in [1.807, 2.05) is 4.72 Å². The van der Waals surface area contributed by atoms with Crippen LogP contribution < -0.4 is 4.72 Å². The van der Waals surface area contributed by atoms with Crippen LogP contribution in [0.15, 0.2) is 11.5 Å². The molecule has 0 spiro atoms. The molecule has 0 aliphatic rings. The third-order valence-corrected chi connectivity index (χ3v) is 6.52. The lowest BCUT2D eigenvalue weighted by Gasteiger charge is -2.03. The summed E-state index contributed by atoms with van der Waals surface area (Å²) in [7, 11) is -3.61. The number of rotatable bonds is 23. The highest BCUT2D eigenvalue weighted by Crippen LogP contribution is 2.14. The molecular weight excluding hydrogens is 398 g/mol. The molecule has 0 unspecified atom stereocenters. The standard InChI is InChI=1S/C24H47NO4S/c1-2-3-4-5-6-7-8-9-10-11-12-13-14-15-16-17-18-19-20-21-22-30(28,29)25-23-24(26)27/h21-22,25H,2-20,23H2,1H3,(H,26,27)/b22-21+. The number of nitrogens with one attached hydrogen (secondary N) is 1. The van der Waals surface area contributed by atoms with Crippen LogP contribution in [0.5, 0.6) is 0 Å². The van der Waals surface area contributed by atoms with Gasteiger partial charge in [0.05, 0.1) is 0 Å². The first-order valence-corrected chi connectivity index (χ1v) is 13.9. The van der Waals surface area contributed by atoms with Crippen LogP contribution in [-0.4, -0.2) is 26.0 Å². The Morgan fingerprint density at radius 3 is 1.43 bits per heavy atom. The second-order valence-electron chi connectivity index (χ2n) is 8.43. The van der Waals surface area contributed by atoms with Gasteiger partial charge in [0.25, 0.3) is 0 Å². The minimum absolute atomic E-state index is 0.578. The summed E-state index contributed by atoms with van der Waals surface area (Å²) in [5.41, 5.74) is 0. The first-order valence-electron chi connectivity index (χ1n) is 12.4. The summed E-state index contributed by atoms with van der Waals surface area (Å²) in [6.07, 6.45) is 26.4. The van der Waals surface area contributed by atoms with Gasteiger partial charge >= 0.3 is 5.97 Å². The quantitative estimate of drug-likeness (QED) is 0.167. The maximum atomic E-state index is 11.5. The molecule has 0 atom stereocenters. The molecule has 0 fully saturated rings. The van der Waals surface area contributed by atoms with E-state index in [4.69, 9.17) is 5.11 Å².